The number of hydrogen-bond acceptors (Lipinski definition) is 10. The van der Waals surface area contributed by atoms with Crippen LogP contribution in [0, 0.1) is 10.7 Å². The van der Waals surface area contributed by atoms with E-state index in [9.17, 15) is 24.6 Å². The predicted molar refractivity (Wildman–Crippen MR) is 168 cm³/mol. The van der Waals surface area contributed by atoms with Crippen LogP contribution in [-0.2, 0) is 4.79 Å². The second kappa shape index (κ2) is 19.5. The Hall–Kier alpha value is -0.620. The molecule has 16 heteroatoms. The van der Waals surface area contributed by atoms with Gasteiger partial charge in [0.25, 0.3) is 11.8 Å². The lowest BCUT2D eigenvalue weighted by molar-refractivity contribution is -0.145. The van der Waals surface area contributed by atoms with E-state index in [1.165, 1.54) is 14.1 Å². The third kappa shape index (κ3) is 11.3. The molecule has 0 aliphatic carbocycles. The van der Waals surface area contributed by atoms with Crippen LogP contribution >= 0.6 is 67.8 Å². The van der Waals surface area contributed by atoms with E-state index in [2.05, 4.69) is 16.0 Å². The highest BCUT2D eigenvalue weighted by molar-refractivity contribution is 14.1. The molecule has 2 amide bonds. The standard InChI is InChI=1S/C16H19I3N2O5.C7H17NO5/c1-4-5-6-7(16(24)25)26-13-11(18)8(14(22)20-2)10(17)9(12(13)19)15(23)21-3;1-8-2-4(10)6(12)7(13)5(11)3-9/h7H,4-6H2,1-3H3,(H,20,22)(H,21,23)(H,24,25);4-13H,2-3H2,1H3. The zero-order valence-corrected chi connectivity index (χ0v) is 28.3. The first kappa shape index (κ1) is 38.4. The Morgan fingerprint density at radius 2 is 1.31 bits per heavy atom. The normalized spacial score (nSPS) is 14.7. The highest BCUT2D eigenvalue weighted by Gasteiger charge is 2.31. The number of carbonyl (C=O) groups excluding carboxylic acids is 2. The quantitative estimate of drug-likeness (QED) is 0.112. The average Bonchev–Trinajstić information content (AvgIpc) is 2.91. The van der Waals surface area contributed by atoms with E-state index in [0.717, 1.165) is 6.42 Å². The van der Waals surface area contributed by atoms with Gasteiger partial charge < -0.3 is 51.3 Å². The van der Waals surface area contributed by atoms with Crippen molar-refractivity contribution in [1.29, 1.82) is 0 Å². The van der Waals surface area contributed by atoms with Crippen molar-refractivity contribution in [3.63, 3.8) is 0 Å². The number of ether oxygens (including phenoxy) is 1. The van der Waals surface area contributed by atoms with Gasteiger partial charge in [0.2, 0.25) is 0 Å². The third-order valence-electron chi connectivity index (χ3n) is 5.28. The summed E-state index contributed by atoms with van der Waals surface area (Å²) in [4.78, 5) is 36.3. The molecule has 0 aromatic heterocycles. The number of aliphatic hydroxyl groups excluding tert-OH is 5. The van der Waals surface area contributed by atoms with Gasteiger partial charge in [-0.1, -0.05) is 13.3 Å². The fraction of sp³-hybridized carbons (Fsp3) is 0.609. The third-order valence-corrected chi connectivity index (χ3v) is 8.42. The molecule has 39 heavy (non-hydrogen) atoms. The summed E-state index contributed by atoms with van der Waals surface area (Å²) >= 11 is 5.87. The molecule has 0 radical (unpaired) electrons. The minimum Gasteiger partial charge on any atom is -0.479 e. The van der Waals surface area contributed by atoms with Crippen molar-refractivity contribution >= 4 is 85.6 Å². The molecule has 5 atom stereocenters. The molecule has 1 aromatic rings. The maximum Gasteiger partial charge on any atom is 0.344 e. The van der Waals surface area contributed by atoms with Gasteiger partial charge >= 0.3 is 5.97 Å². The molecule has 0 heterocycles. The van der Waals surface area contributed by atoms with Gasteiger partial charge in [0.05, 0.1) is 31.0 Å². The SMILES string of the molecule is CCCCC(Oc1c(I)c(C(=O)NC)c(I)c(C(=O)NC)c1I)C(=O)O.CNCC(O)C(O)C(O)C(O)CO. The Morgan fingerprint density at radius 3 is 1.67 bits per heavy atom. The summed E-state index contributed by atoms with van der Waals surface area (Å²) in [6.07, 6.45) is -4.83. The number of carboxylic acid groups (broad SMARTS) is 1. The molecule has 224 valence electrons. The van der Waals surface area contributed by atoms with Gasteiger partial charge in [-0.15, -0.1) is 0 Å². The lowest BCUT2D eigenvalue weighted by Gasteiger charge is -2.25. The van der Waals surface area contributed by atoms with Gasteiger partial charge in [-0.2, -0.15) is 0 Å². The van der Waals surface area contributed by atoms with Crippen molar-refractivity contribution in [1.82, 2.24) is 16.0 Å². The van der Waals surface area contributed by atoms with E-state index in [-0.39, 0.29) is 24.1 Å². The van der Waals surface area contributed by atoms with Crippen molar-refractivity contribution in [2.75, 3.05) is 34.3 Å². The van der Waals surface area contributed by atoms with Crippen LogP contribution < -0.4 is 20.7 Å². The number of benzene rings is 1. The van der Waals surface area contributed by atoms with Crippen molar-refractivity contribution in [3.8, 4) is 5.75 Å². The first-order chi connectivity index (χ1) is 18.2. The molecule has 5 unspecified atom stereocenters. The maximum atomic E-state index is 12.3. The van der Waals surface area contributed by atoms with Crippen LogP contribution in [-0.4, -0.2) is 113 Å². The van der Waals surface area contributed by atoms with Crippen molar-refractivity contribution < 1.29 is 49.8 Å². The summed E-state index contributed by atoms with van der Waals surface area (Å²) in [6.45, 7) is 1.39. The topological polar surface area (TPSA) is 218 Å². The molecular weight excluding hydrogens is 859 g/mol. The van der Waals surface area contributed by atoms with Crippen LogP contribution in [0.4, 0.5) is 0 Å². The Balaban J connectivity index is 0.000000935. The van der Waals surface area contributed by atoms with Gasteiger partial charge in [0.15, 0.2) is 6.10 Å². The number of nitrogens with one attached hydrogen (secondary N) is 3. The number of amides is 2. The highest BCUT2D eigenvalue weighted by Crippen LogP contribution is 2.38. The fourth-order valence-corrected chi connectivity index (χ4v) is 7.45. The number of hydrogen-bond donors (Lipinski definition) is 9. The van der Waals surface area contributed by atoms with Gasteiger partial charge in [-0.05, 0) is 87.7 Å². The Kier molecular flexibility index (Phi) is 19.2. The molecule has 0 fully saturated rings. The van der Waals surface area contributed by atoms with E-state index in [0.29, 0.717) is 34.7 Å². The number of unbranched alkanes of at least 4 members (excludes halogenated alkanes) is 1. The van der Waals surface area contributed by atoms with Gasteiger partial charge in [0.1, 0.15) is 24.1 Å². The molecule has 0 saturated carbocycles. The Morgan fingerprint density at radius 1 is 0.846 bits per heavy atom. The fourth-order valence-electron chi connectivity index (χ4n) is 3.05. The van der Waals surface area contributed by atoms with Gasteiger partial charge in [-0.25, -0.2) is 4.79 Å². The molecule has 9 N–H and O–H groups in total. The van der Waals surface area contributed by atoms with Crippen molar-refractivity contribution in [2.24, 2.45) is 0 Å². The van der Waals surface area contributed by atoms with E-state index >= 15 is 0 Å². The molecule has 1 aromatic carbocycles. The summed E-state index contributed by atoms with van der Waals surface area (Å²) in [6, 6.07) is 0. The summed E-state index contributed by atoms with van der Waals surface area (Å²) < 4.78 is 7.23. The molecule has 0 aliphatic rings. The molecule has 0 saturated heterocycles. The number of aliphatic carboxylic acids is 1. The van der Waals surface area contributed by atoms with Crippen LogP contribution in [0.15, 0.2) is 0 Å². The summed E-state index contributed by atoms with van der Waals surface area (Å²) in [5, 5.41) is 62.0. The zero-order valence-electron chi connectivity index (χ0n) is 21.9. The van der Waals surface area contributed by atoms with Crippen LogP contribution in [0.2, 0.25) is 0 Å². The number of carboxylic acids is 1. The minimum atomic E-state index is -1.55. The first-order valence-electron chi connectivity index (χ1n) is 11.8. The van der Waals surface area contributed by atoms with Crippen LogP contribution in [0.25, 0.3) is 0 Å². The largest absolute Gasteiger partial charge is 0.479 e. The smallest absolute Gasteiger partial charge is 0.344 e. The summed E-state index contributed by atoms with van der Waals surface area (Å²) in [5.41, 5.74) is 0.588. The molecule has 0 spiro atoms. The first-order valence-corrected chi connectivity index (χ1v) is 15.0. The monoisotopic (exact) mass is 895 g/mol. The number of rotatable bonds is 14. The van der Waals surface area contributed by atoms with Crippen LogP contribution in [0.1, 0.15) is 46.9 Å². The predicted octanol–water partition coefficient (Wildman–Crippen LogP) is -0.116. The lowest BCUT2D eigenvalue weighted by Crippen LogP contribution is -2.48. The van der Waals surface area contributed by atoms with Crippen molar-refractivity contribution in [2.45, 2.75) is 56.7 Å². The zero-order chi connectivity index (χ0) is 30.4. The maximum absolute atomic E-state index is 12.3. The van der Waals surface area contributed by atoms with Gasteiger partial charge in [-0.3, -0.25) is 9.59 Å². The molecule has 13 nitrogen and oxygen atoms in total. The van der Waals surface area contributed by atoms with Crippen molar-refractivity contribution in [3.05, 3.63) is 21.8 Å². The average molecular weight is 895 g/mol. The molecule has 0 bridgehead atoms. The van der Waals surface area contributed by atoms with E-state index in [1.54, 1.807) is 7.05 Å². The summed E-state index contributed by atoms with van der Waals surface area (Å²) in [5.74, 6) is -1.57. The second-order valence-electron chi connectivity index (χ2n) is 8.12. The van der Waals surface area contributed by atoms with Crippen LogP contribution in [0.3, 0.4) is 0 Å². The lowest BCUT2D eigenvalue weighted by atomic mass is 10.0. The number of halogens is 3. The Labute approximate surface area is 267 Å². The molecule has 0 aliphatic heterocycles. The van der Waals surface area contributed by atoms with Gasteiger partial charge in [0, 0.05) is 24.2 Å². The van der Waals surface area contributed by atoms with E-state index < -0.39 is 43.1 Å². The van der Waals surface area contributed by atoms with E-state index in [1.807, 2.05) is 74.7 Å². The summed E-state index contributed by atoms with van der Waals surface area (Å²) in [7, 11) is 4.56. The van der Waals surface area contributed by atoms with E-state index in [4.69, 9.17) is 25.2 Å². The van der Waals surface area contributed by atoms with Crippen LogP contribution in [0.5, 0.6) is 5.75 Å². The Bertz CT molecular complexity index is 927. The highest BCUT2D eigenvalue weighted by atomic mass is 127. The second-order valence-corrected chi connectivity index (χ2v) is 11.4. The number of likely N-dealkylation sites (N-methyl/N-ethyl adjacent to an activating group) is 1. The number of aliphatic hydroxyl groups is 5. The minimum absolute atomic E-state index is 0.0936. The molecule has 1 rings (SSSR count). The molecular formula is C23H36I3N3O10. The number of carbonyl (C=O) groups is 3.